The van der Waals surface area contributed by atoms with Crippen molar-refractivity contribution in [3.05, 3.63) is 84.2 Å². The third-order valence-corrected chi connectivity index (χ3v) is 4.38. The lowest BCUT2D eigenvalue weighted by molar-refractivity contribution is 0.102. The topological polar surface area (TPSA) is 54.5 Å². The third-order valence-electron chi connectivity index (χ3n) is 4.38. The van der Waals surface area contributed by atoms with Crippen LogP contribution in [0.5, 0.6) is 5.75 Å². The summed E-state index contributed by atoms with van der Waals surface area (Å²) >= 11 is 0. The smallest absolute Gasteiger partial charge is 0.255 e. The van der Waals surface area contributed by atoms with Gasteiger partial charge in [-0.3, -0.25) is 9.78 Å². The number of methoxy groups -OCH3 is 1. The average Bonchev–Trinajstić information content (AvgIpc) is 2.73. The Kier molecular flexibility index (Phi) is 6.05. The normalized spacial score (nSPS) is 10.3. The number of nitrogens with zero attached hydrogens (tertiary/aromatic N) is 2. The molecule has 3 rings (SSSR count). The zero-order valence-corrected chi connectivity index (χ0v) is 15.6. The fraction of sp³-hybridized carbons (Fsp3) is 0.182. The summed E-state index contributed by atoms with van der Waals surface area (Å²) in [5, 5.41) is 2.91. The van der Waals surface area contributed by atoms with Gasteiger partial charge in [0.05, 0.1) is 7.11 Å². The van der Waals surface area contributed by atoms with E-state index in [-0.39, 0.29) is 5.91 Å². The summed E-state index contributed by atoms with van der Waals surface area (Å²) < 4.78 is 5.16. The zero-order valence-electron chi connectivity index (χ0n) is 15.6. The van der Waals surface area contributed by atoms with Crippen molar-refractivity contribution in [3.63, 3.8) is 0 Å². The molecule has 2 aromatic carbocycles. The van der Waals surface area contributed by atoms with Crippen LogP contribution in [-0.4, -0.2) is 31.6 Å². The molecule has 1 amide bonds. The van der Waals surface area contributed by atoms with E-state index in [1.165, 1.54) is 5.56 Å². The SMILES string of the molecule is COc1cccc(C(=O)Nc2ccc(N(C)CCc3ccncc3)cc2)c1. The van der Waals surface area contributed by atoms with Crippen molar-refractivity contribution in [2.45, 2.75) is 6.42 Å². The molecule has 5 heteroatoms. The molecule has 0 atom stereocenters. The lowest BCUT2D eigenvalue weighted by Gasteiger charge is -2.19. The predicted molar refractivity (Wildman–Crippen MR) is 109 cm³/mol. The minimum absolute atomic E-state index is 0.160. The Labute approximate surface area is 159 Å². The molecule has 1 aromatic heterocycles. The number of ether oxygens (including phenoxy) is 1. The molecule has 0 unspecified atom stereocenters. The van der Waals surface area contributed by atoms with E-state index >= 15 is 0 Å². The minimum Gasteiger partial charge on any atom is -0.497 e. The van der Waals surface area contributed by atoms with E-state index in [2.05, 4.69) is 22.2 Å². The van der Waals surface area contributed by atoms with Crippen LogP contribution in [0.2, 0.25) is 0 Å². The number of likely N-dealkylation sites (N-methyl/N-ethyl adjacent to an activating group) is 1. The molecule has 0 aliphatic carbocycles. The van der Waals surface area contributed by atoms with Gasteiger partial charge in [0.25, 0.3) is 5.91 Å². The lowest BCUT2D eigenvalue weighted by Crippen LogP contribution is -2.20. The number of anilines is 2. The van der Waals surface area contributed by atoms with Crippen molar-refractivity contribution >= 4 is 17.3 Å². The Hall–Kier alpha value is -3.34. The first-order valence-corrected chi connectivity index (χ1v) is 8.81. The third kappa shape index (κ3) is 5.07. The molecule has 5 nitrogen and oxygen atoms in total. The van der Waals surface area contributed by atoms with Gasteiger partial charge in [0.2, 0.25) is 0 Å². The summed E-state index contributed by atoms with van der Waals surface area (Å²) in [6.45, 7) is 0.902. The van der Waals surface area contributed by atoms with Crippen molar-refractivity contribution < 1.29 is 9.53 Å². The van der Waals surface area contributed by atoms with E-state index in [4.69, 9.17) is 4.74 Å². The van der Waals surface area contributed by atoms with Crippen molar-refractivity contribution in [3.8, 4) is 5.75 Å². The van der Waals surface area contributed by atoms with Crippen LogP contribution in [0, 0.1) is 0 Å². The number of benzene rings is 2. The zero-order chi connectivity index (χ0) is 19.1. The van der Waals surface area contributed by atoms with Crippen LogP contribution in [0.1, 0.15) is 15.9 Å². The molecule has 3 aromatic rings. The molecule has 0 saturated heterocycles. The maximum Gasteiger partial charge on any atom is 0.255 e. The maximum absolute atomic E-state index is 12.4. The highest BCUT2D eigenvalue weighted by Crippen LogP contribution is 2.19. The molecule has 1 N–H and O–H groups in total. The van der Waals surface area contributed by atoms with E-state index in [1.54, 1.807) is 25.3 Å². The molecule has 0 fully saturated rings. The van der Waals surface area contributed by atoms with Crippen LogP contribution < -0.4 is 15.0 Å². The van der Waals surface area contributed by atoms with Gasteiger partial charge in [-0.25, -0.2) is 0 Å². The molecule has 27 heavy (non-hydrogen) atoms. The number of hydrogen-bond donors (Lipinski definition) is 1. The number of amides is 1. The van der Waals surface area contributed by atoms with Crippen LogP contribution in [-0.2, 0) is 6.42 Å². The second-order valence-corrected chi connectivity index (χ2v) is 6.26. The highest BCUT2D eigenvalue weighted by Gasteiger charge is 2.08. The monoisotopic (exact) mass is 361 g/mol. The van der Waals surface area contributed by atoms with Gasteiger partial charge in [0.1, 0.15) is 5.75 Å². The summed E-state index contributed by atoms with van der Waals surface area (Å²) in [6, 6.07) is 19.0. The van der Waals surface area contributed by atoms with Gasteiger partial charge in [-0.15, -0.1) is 0 Å². The van der Waals surface area contributed by atoms with Crippen molar-refractivity contribution in [2.24, 2.45) is 0 Å². The Bertz CT molecular complexity index is 880. The molecule has 0 aliphatic heterocycles. The van der Waals surface area contributed by atoms with Gasteiger partial charge >= 0.3 is 0 Å². The Morgan fingerprint density at radius 1 is 1.07 bits per heavy atom. The van der Waals surface area contributed by atoms with E-state index in [0.29, 0.717) is 11.3 Å². The van der Waals surface area contributed by atoms with E-state index in [0.717, 1.165) is 24.3 Å². The molecule has 0 saturated carbocycles. The second-order valence-electron chi connectivity index (χ2n) is 6.26. The summed E-state index contributed by atoms with van der Waals surface area (Å²) in [6.07, 6.45) is 4.58. The van der Waals surface area contributed by atoms with Gasteiger partial charge in [-0.05, 0) is 66.6 Å². The number of rotatable bonds is 7. The molecular formula is C22H23N3O2. The van der Waals surface area contributed by atoms with Gasteiger partial charge < -0.3 is 15.0 Å². The Morgan fingerprint density at radius 2 is 1.81 bits per heavy atom. The highest BCUT2D eigenvalue weighted by molar-refractivity contribution is 6.04. The fourth-order valence-corrected chi connectivity index (χ4v) is 2.74. The molecule has 0 bridgehead atoms. The number of hydrogen-bond acceptors (Lipinski definition) is 4. The lowest BCUT2D eigenvalue weighted by atomic mass is 10.1. The van der Waals surface area contributed by atoms with Crippen molar-refractivity contribution in [1.29, 1.82) is 0 Å². The van der Waals surface area contributed by atoms with Crippen molar-refractivity contribution in [2.75, 3.05) is 30.9 Å². The molecule has 0 aliphatic rings. The van der Waals surface area contributed by atoms with Crippen LogP contribution in [0.25, 0.3) is 0 Å². The van der Waals surface area contributed by atoms with Gasteiger partial charge in [0.15, 0.2) is 0 Å². The Morgan fingerprint density at radius 3 is 2.52 bits per heavy atom. The summed E-state index contributed by atoms with van der Waals surface area (Å²) in [4.78, 5) is 18.6. The molecule has 138 valence electrons. The van der Waals surface area contributed by atoms with Crippen LogP contribution in [0.3, 0.4) is 0 Å². The van der Waals surface area contributed by atoms with E-state index in [9.17, 15) is 4.79 Å². The number of aromatic nitrogens is 1. The summed E-state index contributed by atoms with van der Waals surface area (Å²) in [5.74, 6) is 0.501. The summed E-state index contributed by atoms with van der Waals surface area (Å²) in [5.41, 5.74) is 3.68. The standard InChI is InChI=1S/C22H23N3O2/c1-25(15-12-17-10-13-23-14-11-17)20-8-6-19(7-9-20)24-22(26)18-4-3-5-21(16-18)27-2/h3-11,13-14,16H,12,15H2,1-2H3,(H,24,26). The largest absolute Gasteiger partial charge is 0.497 e. The first-order chi connectivity index (χ1) is 13.2. The first kappa shape index (κ1) is 18.5. The van der Waals surface area contributed by atoms with E-state index in [1.807, 2.05) is 54.9 Å². The average molecular weight is 361 g/mol. The number of pyridine rings is 1. The quantitative estimate of drug-likeness (QED) is 0.690. The van der Waals surface area contributed by atoms with E-state index < -0.39 is 0 Å². The fourth-order valence-electron chi connectivity index (χ4n) is 2.74. The number of carbonyl (C=O) groups is 1. The minimum atomic E-state index is -0.160. The van der Waals surface area contributed by atoms with Crippen LogP contribution in [0.4, 0.5) is 11.4 Å². The second kappa shape index (κ2) is 8.85. The predicted octanol–water partition coefficient (Wildman–Crippen LogP) is 4.02. The van der Waals surface area contributed by atoms with Crippen molar-refractivity contribution in [1.82, 2.24) is 4.98 Å². The van der Waals surface area contributed by atoms with Crippen LogP contribution >= 0.6 is 0 Å². The summed E-state index contributed by atoms with van der Waals surface area (Å²) in [7, 11) is 3.64. The molecule has 1 heterocycles. The van der Waals surface area contributed by atoms with Crippen LogP contribution in [0.15, 0.2) is 73.1 Å². The molecule has 0 spiro atoms. The highest BCUT2D eigenvalue weighted by atomic mass is 16.5. The van der Waals surface area contributed by atoms with Gasteiger partial charge in [-0.1, -0.05) is 6.07 Å². The first-order valence-electron chi connectivity index (χ1n) is 8.81. The number of nitrogens with one attached hydrogen (secondary N) is 1. The van der Waals surface area contributed by atoms with Gasteiger partial charge in [-0.2, -0.15) is 0 Å². The molecular weight excluding hydrogens is 338 g/mol. The van der Waals surface area contributed by atoms with Gasteiger partial charge in [0, 0.05) is 42.9 Å². The molecule has 0 radical (unpaired) electrons. The Balaban J connectivity index is 1.58. The maximum atomic E-state index is 12.4. The number of carbonyl (C=O) groups excluding carboxylic acids is 1.